The van der Waals surface area contributed by atoms with Gasteiger partial charge in [0, 0.05) is 18.3 Å². The highest BCUT2D eigenvalue weighted by Gasteiger charge is 2.26. The second kappa shape index (κ2) is 6.54. The first-order valence-electron chi connectivity index (χ1n) is 4.25. The Kier molecular flexibility index (Phi) is 6.06. The minimum atomic E-state index is -0.550. The molecule has 0 aliphatic heterocycles. The van der Waals surface area contributed by atoms with Gasteiger partial charge in [0.25, 0.3) is 0 Å². The van der Waals surface area contributed by atoms with Gasteiger partial charge in [0.05, 0.1) is 13.2 Å². The fraction of sp³-hybridized carbons (Fsp3) is 0.636. The third kappa shape index (κ3) is 3.99. The summed E-state index contributed by atoms with van der Waals surface area (Å²) in [4.78, 5) is 0. The van der Waals surface area contributed by atoms with Gasteiger partial charge in [0.15, 0.2) is 0 Å². The average Bonchev–Trinajstić information content (AvgIpc) is 2.20. The maximum atomic E-state index is 9.13. The van der Waals surface area contributed by atoms with Crippen molar-refractivity contribution in [3.05, 3.63) is 0 Å². The predicted molar refractivity (Wildman–Crippen MR) is 52.7 cm³/mol. The second-order valence-electron chi connectivity index (χ2n) is 3.02. The zero-order chi connectivity index (χ0) is 10.2. The lowest BCUT2D eigenvalue weighted by atomic mass is 9.83. The summed E-state index contributed by atoms with van der Waals surface area (Å²) in [6.45, 7) is 3.33. The molecular weight excluding hydrogens is 164 g/mol. The minimum Gasteiger partial charge on any atom is -0.396 e. The number of aliphatic hydroxyl groups excluding tert-OH is 2. The normalized spacial score (nSPS) is 9.54. The van der Waals surface area contributed by atoms with E-state index in [2.05, 4.69) is 23.7 Å². The molecule has 2 heteroatoms. The lowest BCUT2D eigenvalue weighted by Gasteiger charge is -2.24. The molecule has 2 N–H and O–H groups in total. The van der Waals surface area contributed by atoms with Gasteiger partial charge in [0.1, 0.15) is 0 Å². The minimum absolute atomic E-state index is 0.0765. The molecule has 0 aromatic carbocycles. The second-order valence-corrected chi connectivity index (χ2v) is 3.02. The molecule has 0 amide bonds. The van der Waals surface area contributed by atoms with E-state index in [9.17, 15) is 0 Å². The Hall–Kier alpha value is -0.960. The first-order chi connectivity index (χ1) is 6.24. The molecule has 0 rings (SSSR count). The molecule has 0 aliphatic carbocycles. The molecule has 0 atom stereocenters. The van der Waals surface area contributed by atoms with Crippen LogP contribution in [0, 0.1) is 29.1 Å². The Morgan fingerprint density at radius 3 is 1.54 bits per heavy atom. The third-order valence-corrected chi connectivity index (χ3v) is 1.95. The van der Waals surface area contributed by atoms with Crippen molar-refractivity contribution in [2.45, 2.75) is 26.7 Å². The largest absolute Gasteiger partial charge is 0.396 e. The van der Waals surface area contributed by atoms with E-state index in [4.69, 9.17) is 10.2 Å². The Bertz CT molecular complexity index is 219. The highest BCUT2D eigenvalue weighted by molar-refractivity contribution is 5.06. The predicted octanol–water partition coefficient (Wildman–Crippen LogP) is 0.784. The molecule has 0 spiro atoms. The summed E-state index contributed by atoms with van der Waals surface area (Å²) < 4.78 is 0. The van der Waals surface area contributed by atoms with Crippen molar-refractivity contribution in [1.82, 2.24) is 0 Å². The van der Waals surface area contributed by atoms with E-state index in [0.717, 1.165) is 0 Å². The highest BCUT2D eigenvalue weighted by Crippen LogP contribution is 2.24. The van der Waals surface area contributed by atoms with Gasteiger partial charge in [-0.15, -0.1) is 23.7 Å². The summed E-state index contributed by atoms with van der Waals surface area (Å²) in [6.07, 6.45) is 0.982. The van der Waals surface area contributed by atoms with Crippen LogP contribution in [0.3, 0.4) is 0 Å². The van der Waals surface area contributed by atoms with Crippen molar-refractivity contribution in [3.8, 4) is 23.7 Å². The summed E-state index contributed by atoms with van der Waals surface area (Å²) in [7, 11) is 0. The molecule has 0 fully saturated rings. The molecule has 0 aromatic heterocycles. The molecule has 0 heterocycles. The Balaban J connectivity index is 4.41. The molecule has 0 aromatic rings. The number of hydrogen-bond acceptors (Lipinski definition) is 2. The van der Waals surface area contributed by atoms with Crippen LogP contribution >= 0.6 is 0 Å². The van der Waals surface area contributed by atoms with Gasteiger partial charge < -0.3 is 10.2 Å². The van der Waals surface area contributed by atoms with Gasteiger partial charge in [-0.2, -0.15) is 0 Å². The van der Waals surface area contributed by atoms with Gasteiger partial charge in [-0.1, -0.05) is 0 Å². The van der Waals surface area contributed by atoms with Crippen molar-refractivity contribution in [3.63, 3.8) is 0 Å². The topological polar surface area (TPSA) is 40.5 Å². The molecule has 0 aliphatic rings. The van der Waals surface area contributed by atoms with Crippen LogP contribution in [-0.2, 0) is 0 Å². The summed E-state index contributed by atoms with van der Waals surface area (Å²) in [5.41, 5.74) is -0.550. The van der Waals surface area contributed by atoms with Gasteiger partial charge in [-0.3, -0.25) is 0 Å². The van der Waals surface area contributed by atoms with Gasteiger partial charge in [0.2, 0.25) is 0 Å². The van der Waals surface area contributed by atoms with Crippen LogP contribution in [0.5, 0.6) is 0 Å². The molecule has 0 radical (unpaired) electrons. The van der Waals surface area contributed by atoms with Crippen LogP contribution < -0.4 is 0 Å². The van der Waals surface area contributed by atoms with E-state index in [1.54, 1.807) is 13.8 Å². The lowest BCUT2D eigenvalue weighted by molar-refractivity contribution is 0.0628. The molecule has 0 bridgehead atoms. The fourth-order valence-corrected chi connectivity index (χ4v) is 0.888. The van der Waals surface area contributed by atoms with Crippen molar-refractivity contribution in [2.24, 2.45) is 5.41 Å². The molecule has 2 nitrogen and oxygen atoms in total. The third-order valence-electron chi connectivity index (χ3n) is 1.95. The van der Waals surface area contributed by atoms with Crippen molar-refractivity contribution in [2.75, 3.05) is 13.2 Å². The molecule has 0 saturated carbocycles. The fourth-order valence-electron chi connectivity index (χ4n) is 0.888. The molecule has 72 valence electrons. The summed E-state index contributed by atoms with van der Waals surface area (Å²) >= 11 is 0. The van der Waals surface area contributed by atoms with Crippen molar-refractivity contribution < 1.29 is 10.2 Å². The van der Waals surface area contributed by atoms with Crippen LogP contribution in [0.2, 0.25) is 0 Å². The Labute approximate surface area is 80.0 Å². The van der Waals surface area contributed by atoms with Gasteiger partial charge in [-0.25, -0.2) is 0 Å². The van der Waals surface area contributed by atoms with E-state index < -0.39 is 5.41 Å². The van der Waals surface area contributed by atoms with E-state index in [0.29, 0.717) is 12.8 Å². The smallest absolute Gasteiger partial charge is 0.0527 e. The Morgan fingerprint density at radius 1 is 0.923 bits per heavy atom. The molecule has 13 heavy (non-hydrogen) atoms. The molecule has 0 saturated heterocycles. The van der Waals surface area contributed by atoms with E-state index in [1.165, 1.54) is 0 Å². The van der Waals surface area contributed by atoms with E-state index in [-0.39, 0.29) is 13.2 Å². The summed E-state index contributed by atoms with van der Waals surface area (Å²) in [5.74, 6) is 11.2. The SMILES string of the molecule is CC#CCC(CO)(CO)CC#CC. The Morgan fingerprint density at radius 2 is 1.31 bits per heavy atom. The highest BCUT2D eigenvalue weighted by atomic mass is 16.3. The quantitative estimate of drug-likeness (QED) is 0.628. The first-order valence-corrected chi connectivity index (χ1v) is 4.25. The van der Waals surface area contributed by atoms with Crippen molar-refractivity contribution in [1.29, 1.82) is 0 Å². The first kappa shape index (κ1) is 12.0. The van der Waals surface area contributed by atoms with Crippen LogP contribution in [0.4, 0.5) is 0 Å². The summed E-state index contributed by atoms with van der Waals surface area (Å²) in [6, 6.07) is 0. The zero-order valence-electron chi connectivity index (χ0n) is 8.22. The van der Waals surface area contributed by atoms with Crippen LogP contribution in [-0.4, -0.2) is 23.4 Å². The summed E-state index contributed by atoms with van der Waals surface area (Å²) in [5, 5.41) is 18.3. The maximum absolute atomic E-state index is 9.13. The van der Waals surface area contributed by atoms with Gasteiger partial charge in [-0.05, 0) is 13.8 Å². The average molecular weight is 180 g/mol. The zero-order valence-corrected chi connectivity index (χ0v) is 8.22. The van der Waals surface area contributed by atoms with E-state index in [1.807, 2.05) is 0 Å². The maximum Gasteiger partial charge on any atom is 0.0527 e. The standard InChI is InChI=1S/C11H16O2/c1-3-5-7-11(9-12,10-13)8-6-4-2/h12-13H,7-10H2,1-2H3. The van der Waals surface area contributed by atoms with Crippen LogP contribution in [0.15, 0.2) is 0 Å². The number of hydrogen-bond donors (Lipinski definition) is 2. The monoisotopic (exact) mass is 180 g/mol. The van der Waals surface area contributed by atoms with Gasteiger partial charge >= 0.3 is 0 Å². The van der Waals surface area contributed by atoms with E-state index >= 15 is 0 Å². The van der Waals surface area contributed by atoms with Crippen molar-refractivity contribution >= 4 is 0 Å². The molecule has 0 unspecified atom stereocenters. The van der Waals surface area contributed by atoms with Crippen LogP contribution in [0.1, 0.15) is 26.7 Å². The van der Waals surface area contributed by atoms with Crippen LogP contribution in [0.25, 0.3) is 0 Å². The molecular formula is C11H16O2. The lowest BCUT2D eigenvalue weighted by Crippen LogP contribution is -2.29. The number of rotatable bonds is 4. The number of aliphatic hydroxyl groups is 2.